The number of aldehydes is 1. The molecule has 1 unspecified atom stereocenters. The zero-order valence-corrected chi connectivity index (χ0v) is 9.64. The molecule has 0 N–H and O–H groups in total. The van der Waals surface area contributed by atoms with E-state index in [1.54, 1.807) is 45.3 Å². The van der Waals surface area contributed by atoms with Crippen LogP contribution in [0.1, 0.15) is 17.3 Å². The van der Waals surface area contributed by atoms with Gasteiger partial charge in [-0.3, -0.25) is 9.59 Å². The van der Waals surface area contributed by atoms with Gasteiger partial charge in [0.15, 0.2) is 6.10 Å². The number of benzene rings is 1. The van der Waals surface area contributed by atoms with Crippen LogP contribution in [0.5, 0.6) is 5.75 Å². The second kappa shape index (κ2) is 5.30. The molecule has 0 aliphatic carbocycles. The Hall–Kier alpha value is -1.84. The summed E-state index contributed by atoms with van der Waals surface area (Å²) < 4.78 is 5.43. The second-order valence-corrected chi connectivity index (χ2v) is 3.68. The van der Waals surface area contributed by atoms with Gasteiger partial charge in [-0.05, 0) is 19.1 Å². The minimum atomic E-state index is -0.558. The molecule has 0 saturated carbocycles. The molecule has 4 nitrogen and oxygen atoms in total. The Balaban J connectivity index is 2.72. The number of likely N-dealkylation sites (N-methyl/N-ethyl adjacent to an activating group) is 1. The topological polar surface area (TPSA) is 46.6 Å². The first kappa shape index (κ1) is 12.2. The third kappa shape index (κ3) is 3.08. The van der Waals surface area contributed by atoms with Crippen molar-refractivity contribution in [3.05, 3.63) is 29.8 Å². The SMILES string of the molecule is CC(Oc1cccc(C=O)c1)C(=O)N(C)C. The third-order valence-corrected chi connectivity index (χ3v) is 2.10. The normalized spacial score (nSPS) is 11.7. The van der Waals surface area contributed by atoms with Gasteiger partial charge < -0.3 is 9.64 Å². The molecule has 0 aromatic heterocycles. The number of carbonyl (C=O) groups excluding carboxylic acids is 2. The monoisotopic (exact) mass is 221 g/mol. The summed E-state index contributed by atoms with van der Waals surface area (Å²) in [5.41, 5.74) is 0.530. The smallest absolute Gasteiger partial charge is 0.262 e. The van der Waals surface area contributed by atoms with Gasteiger partial charge in [-0.1, -0.05) is 12.1 Å². The molecule has 16 heavy (non-hydrogen) atoms. The number of rotatable bonds is 4. The van der Waals surface area contributed by atoms with Gasteiger partial charge in [0.25, 0.3) is 5.91 Å². The molecule has 1 rings (SSSR count). The van der Waals surface area contributed by atoms with Crippen molar-refractivity contribution in [1.29, 1.82) is 0 Å². The third-order valence-electron chi connectivity index (χ3n) is 2.10. The van der Waals surface area contributed by atoms with Crippen LogP contribution in [-0.4, -0.2) is 37.3 Å². The molecule has 1 aromatic rings. The molecule has 0 aliphatic rings. The number of hydrogen-bond donors (Lipinski definition) is 0. The minimum absolute atomic E-state index is 0.114. The Morgan fingerprint density at radius 2 is 2.12 bits per heavy atom. The van der Waals surface area contributed by atoms with Crippen molar-refractivity contribution >= 4 is 12.2 Å². The fourth-order valence-electron chi connectivity index (χ4n) is 1.28. The second-order valence-electron chi connectivity index (χ2n) is 3.68. The van der Waals surface area contributed by atoms with E-state index in [0.29, 0.717) is 11.3 Å². The number of amides is 1. The van der Waals surface area contributed by atoms with E-state index in [4.69, 9.17) is 4.74 Å². The van der Waals surface area contributed by atoms with E-state index < -0.39 is 6.10 Å². The lowest BCUT2D eigenvalue weighted by Crippen LogP contribution is -2.35. The Kier molecular flexibility index (Phi) is 4.05. The quantitative estimate of drug-likeness (QED) is 0.721. The molecule has 1 atom stereocenters. The van der Waals surface area contributed by atoms with E-state index in [0.717, 1.165) is 6.29 Å². The van der Waals surface area contributed by atoms with Crippen molar-refractivity contribution in [2.24, 2.45) is 0 Å². The van der Waals surface area contributed by atoms with Gasteiger partial charge in [-0.25, -0.2) is 0 Å². The summed E-state index contributed by atoms with van der Waals surface area (Å²) in [6.45, 7) is 1.68. The van der Waals surface area contributed by atoms with Crippen molar-refractivity contribution in [3.63, 3.8) is 0 Å². The van der Waals surface area contributed by atoms with Gasteiger partial charge in [0, 0.05) is 19.7 Å². The fourth-order valence-corrected chi connectivity index (χ4v) is 1.28. The maximum Gasteiger partial charge on any atom is 0.262 e. The lowest BCUT2D eigenvalue weighted by atomic mass is 10.2. The zero-order valence-electron chi connectivity index (χ0n) is 9.64. The predicted octanol–water partition coefficient (Wildman–Crippen LogP) is 1.35. The van der Waals surface area contributed by atoms with Crippen molar-refractivity contribution in [2.45, 2.75) is 13.0 Å². The molecule has 0 spiro atoms. The van der Waals surface area contributed by atoms with Crippen molar-refractivity contribution in [1.82, 2.24) is 4.90 Å². The molecule has 86 valence electrons. The fraction of sp³-hybridized carbons (Fsp3) is 0.333. The Morgan fingerprint density at radius 3 is 2.69 bits per heavy atom. The van der Waals surface area contributed by atoms with Gasteiger partial charge in [0.2, 0.25) is 0 Å². The highest BCUT2D eigenvalue weighted by Gasteiger charge is 2.16. The molecule has 0 heterocycles. The Bertz CT molecular complexity index is 388. The van der Waals surface area contributed by atoms with Crippen LogP contribution in [0.2, 0.25) is 0 Å². The van der Waals surface area contributed by atoms with E-state index in [9.17, 15) is 9.59 Å². The largest absolute Gasteiger partial charge is 0.481 e. The highest BCUT2D eigenvalue weighted by Crippen LogP contribution is 2.14. The highest BCUT2D eigenvalue weighted by molar-refractivity contribution is 5.80. The van der Waals surface area contributed by atoms with Crippen molar-refractivity contribution < 1.29 is 14.3 Å². The first-order valence-electron chi connectivity index (χ1n) is 4.97. The number of hydrogen-bond acceptors (Lipinski definition) is 3. The molecule has 0 fully saturated rings. The Morgan fingerprint density at radius 1 is 1.44 bits per heavy atom. The van der Waals surface area contributed by atoms with Crippen LogP contribution >= 0.6 is 0 Å². The molecular formula is C12H15NO3. The number of nitrogens with zero attached hydrogens (tertiary/aromatic N) is 1. The molecule has 0 bridgehead atoms. The molecule has 0 saturated heterocycles. The summed E-state index contributed by atoms with van der Waals surface area (Å²) in [4.78, 5) is 23.6. The van der Waals surface area contributed by atoms with E-state index >= 15 is 0 Å². The van der Waals surface area contributed by atoms with Crippen LogP contribution in [0.3, 0.4) is 0 Å². The van der Waals surface area contributed by atoms with Crippen molar-refractivity contribution in [2.75, 3.05) is 14.1 Å². The summed E-state index contributed by atoms with van der Waals surface area (Å²) in [5.74, 6) is 0.406. The Labute approximate surface area is 94.8 Å². The van der Waals surface area contributed by atoms with E-state index in [2.05, 4.69) is 0 Å². The van der Waals surface area contributed by atoms with Crippen LogP contribution in [0.25, 0.3) is 0 Å². The summed E-state index contributed by atoms with van der Waals surface area (Å²) in [7, 11) is 3.34. The van der Waals surface area contributed by atoms with Crippen LogP contribution in [0, 0.1) is 0 Å². The maximum atomic E-state index is 11.5. The number of ether oxygens (including phenoxy) is 1. The molecule has 0 radical (unpaired) electrons. The van der Waals surface area contributed by atoms with Gasteiger partial charge in [-0.15, -0.1) is 0 Å². The molecular weight excluding hydrogens is 206 g/mol. The first-order chi connectivity index (χ1) is 7.54. The molecule has 1 aromatic carbocycles. The van der Waals surface area contributed by atoms with Crippen molar-refractivity contribution in [3.8, 4) is 5.75 Å². The van der Waals surface area contributed by atoms with E-state index in [1.165, 1.54) is 4.90 Å². The lowest BCUT2D eigenvalue weighted by molar-refractivity contribution is -0.135. The lowest BCUT2D eigenvalue weighted by Gasteiger charge is -2.18. The first-order valence-corrected chi connectivity index (χ1v) is 4.97. The summed E-state index contributed by atoms with van der Waals surface area (Å²) in [6, 6.07) is 6.71. The zero-order chi connectivity index (χ0) is 12.1. The average molecular weight is 221 g/mol. The van der Waals surface area contributed by atoms with E-state index in [1.807, 2.05) is 0 Å². The average Bonchev–Trinajstić information content (AvgIpc) is 2.28. The summed E-state index contributed by atoms with van der Waals surface area (Å²) in [5, 5.41) is 0. The molecule has 1 amide bonds. The van der Waals surface area contributed by atoms with Crippen LogP contribution < -0.4 is 4.74 Å². The van der Waals surface area contributed by atoms with Gasteiger partial charge >= 0.3 is 0 Å². The molecule has 4 heteroatoms. The highest BCUT2D eigenvalue weighted by atomic mass is 16.5. The summed E-state index contributed by atoms with van der Waals surface area (Å²) >= 11 is 0. The van der Waals surface area contributed by atoms with E-state index in [-0.39, 0.29) is 5.91 Å². The standard InChI is InChI=1S/C12H15NO3/c1-9(12(15)13(2)3)16-11-6-4-5-10(7-11)8-14/h4-9H,1-3H3. The number of carbonyl (C=O) groups is 2. The molecule has 0 aliphatic heterocycles. The maximum absolute atomic E-state index is 11.5. The van der Waals surface area contributed by atoms with Gasteiger partial charge in [-0.2, -0.15) is 0 Å². The van der Waals surface area contributed by atoms with Gasteiger partial charge in [0.1, 0.15) is 12.0 Å². The van der Waals surface area contributed by atoms with Crippen LogP contribution in [-0.2, 0) is 4.79 Å². The predicted molar refractivity (Wildman–Crippen MR) is 60.6 cm³/mol. The summed E-state index contributed by atoms with van der Waals surface area (Å²) in [6.07, 6.45) is 0.183. The van der Waals surface area contributed by atoms with Crippen LogP contribution in [0.15, 0.2) is 24.3 Å². The van der Waals surface area contributed by atoms with Crippen LogP contribution in [0.4, 0.5) is 0 Å². The minimum Gasteiger partial charge on any atom is -0.481 e. The van der Waals surface area contributed by atoms with Gasteiger partial charge in [0.05, 0.1) is 0 Å².